The Morgan fingerprint density at radius 2 is 2.11 bits per heavy atom. The second-order valence-electron chi connectivity index (χ2n) is 4.19. The standard InChI is InChI=1S/C13H18F3NOS/c1-2-6-17-8-10-4-3-5-11(7-10)19-9-12(18)13(14,15)16/h3-5,7,12,17-18H,2,6,8-9H2,1H3. The number of rotatable bonds is 7. The Bertz CT molecular complexity index is 384. The molecule has 1 aromatic rings. The number of aliphatic hydroxyl groups is 1. The second kappa shape index (κ2) is 7.77. The van der Waals surface area contributed by atoms with E-state index in [1.807, 2.05) is 18.2 Å². The molecule has 1 rings (SSSR count). The first-order valence-electron chi connectivity index (χ1n) is 6.10. The smallest absolute Gasteiger partial charge is 0.383 e. The quantitative estimate of drug-likeness (QED) is 0.598. The van der Waals surface area contributed by atoms with Gasteiger partial charge in [-0.15, -0.1) is 11.8 Å². The highest BCUT2D eigenvalue weighted by atomic mass is 32.2. The largest absolute Gasteiger partial charge is 0.415 e. The van der Waals surface area contributed by atoms with Crippen LogP contribution in [-0.2, 0) is 6.54 Å². The average molecular weight is 293 g/mol. The first-order chi connectivity index (χ1) is 8.93. The highest BCUT2D eigenvalue weighted by Gasteiger charge is 2.37. The lowest BCUT2D eigenvalue weighted by molar-refractivity contribution is -0.195. The monoisotopic (exact) mass is 293 g/mol. The van der Waals surface area contributed by atoms with Crippen molar-refractivity contribution in [2.45, 2.75) is 37.1 Å². The molecular formula is C13H18F3NOS. The van der Waals surface area contributed by atoms with Gasteiger partial charge in [-0.05, 0) is 30.7 Å². The highest BCUT2D eigenvalue weighted by Crippen LogP contribution is 2.27. The van der Waals surface area contributed by atoms with Gasteiger partial charge in [0, 0.05) is 17.2 Å². The van der Waals surface area contributed by atoms with Gasteiger partial charge in [0.05, 0.1) is 0 Å². The summed E-state index contributed by atoms with van der Waals surface area (Å²) in [6, 6.07) is 7.33. The minimum Gasteiger partial charge on any atom is -0.383 e. The molecule has 0 fully saturated rings. The van der Waals surface area contributed by atoms with Crippen molar-refractivity contribution in [3.05, 3.63) is 29.8 Å². The van der Waals surface area contributed by atoms with Crippen LogP contribution in [0.4, 0.5) is 13.2 Å². The molecule has 1 unspecified atom stereocenters. The van der Waals surface area contributed by atoms with E-state index < -0.39 is 12.3 Å². The van der Waals surface area contributed by atoms with Gasteiger partial charge in [-0.3, -0.25) is 0 Å². The molecule has 6 heteroatoms. The van der Waals surface area contributed by atoms with Gasteiger partial charge < -0.3 is 10.4 Å². The zero-order chi connectivity index (χ0) is 14.3. The first-order valence-corrected chi connectivity index (χ1v) is 7.09. The lowest BCUT2D eigenvalue weighted by atomic mass is 10.2. The average Bonchev–Trinajstić information content (AvgIpc) is 2.35. The van der Waals surface area contributed by atoms with Gasteiger partial charge in [-0.25, -0.2) is 0 Å². The van der Waals surface area contributed by atoms with E-state index in [0.29, 0.717) is 6.54 Å². The van der Waals surface area contributed by atoms with Crippen molar-refractivity contribution in [1.82, 2.24) is 5.32 Å². The van der Waals surface area contributed by atoms with Crippen molar-refractivity contribution in [3.8, 4) is 0 Å². The summed E-state index contributed by atoms with van der Waals surface area (Å²) < 4.78 is 36.5. The van der Waals surface area contributed by atoms with Gasteiger partial charge in [-0.1, -0.05) is 19.1 Å². The number of hydrogen-bond donors (Lipinski definition) is 2. The Kier molecular flexibility index (Phi) is 6.68. The molecule has 2 nitrogen and oxygen atoms in total. The van der Waals surface area contributed by atoms with Crippen LogP contribution in [0.25, 0.3) is 0 Å². The highest BCUT2D eigenvalue weighted by molar-refractivity contribution is 7.99. The number of benzene rings is 1. The Morgan fingerprint density at radius 3 is 2.74 bits per heavy atom. The van der Waals surface area contributed by atoms with Crippen LogP contribution in [0, 0.1) is 0 Å². The van der Waals surface area contributed by atoms with Crippen LogP contribution >= 0.6 is 11.8 Å². The minimum absolute atomic E-state index is 0.380. The van der Waals surface area contributed by atoms with E-state index in [-0.39, 0.29) is 5.75 Å². The van der Waals surface area contributed by atoms with E-state index >= 15 is 0 Å². The molecule has 2 N–H and O–H groups in total. The molecule has 19 heavy (non-hydrogen) atoms. The lowest BCUT2D eigenvalue weighted by Crippen LogP contribution is -2.30. The summed E-state index contributed by atoms with van der Waals surface area (Å²) in [7, 11) is 0. The van der Waals surface area contributed by atoms with Crippen LogP contribution < -0.4 is 5.32 Å². The fourth-order valence-electron chi connectivity index (χ4n) is 1.42. The van der Waals surface area contributed by atoms with Gasteiger partial charge in [-0.2, -0.15) is 13.2 Å². The molecule has 0 bridgehead atoms. The van der Waals surface area contributed by atoms with E-state index in [9.17, 15) is 13.2 Å². The molecule has 0 saturated carbocycles. The van der Waals surface area contributed by atoms with E-state index in [4.69, 9.17) is 5.11 Å². The molecular weight excluding hydrogens is 275 g/mol. The van der Waals surface area contributed by atoms with Crippen molar-refractivity contribution in [2.75, 3.05) is 12.3 Å². The van der Waals surface area contributed by atoms with Gasteiger partial charge in [0.1, 0.15) is 0 Å². The summed E-state index contributed by atoms with van der Waals surface area (Å²) in [6.07, 6.45) is -5.79. The van der Waals surface area contributed by atoms with Gasteiger partial charge in [0.15, 0.2) is 6.10 Å². The molecule has 0 saturated heterocycles. The van der Waals surface area contributed by atoms with Crippen LogP contribution in [0.2, 0.25) is 0 Å². The predicted octanol–water partition coefficient (Wildman–Crippen LogP) is 3.20. The molecule has 0 aromatic heterocycles. The van der Waals surface area contributed by atoms with Crippen molar-refractivity contribution < 1.29 is 18.3 Å². The summed E-state index contributed by atoms with van der Waals surface area (Å²) >= 11 is 1.01. The van der Waals surface area contributed by atoms with Gasteiger partial charge in [0.2, 0.25) is 0 Å². The third kappa shape index (κ3) is 6.31. The molecule has 0 aliphatic rings. The minimum atomic E-state index is -4.55. The second-order valence-corrected chi connectivity index (χ2v) is 5.29. The summed E-state index contributed by atoms with van der Waals surface area (Å²) in [4.78, 5) is 0.735. The van der Waals surface area contributed by atoms with Crippen LogP contribution in [0.1, 0.15) is 18.9 Å². The Morgan fingerprint density at radius 1 is 1.37 bits per heavy atom. The summed E-state index contributed by atoms with van der Waals surface area (Å²) in [6.45, 7) is 3.67. The van der Waals surface area contributed by atoms with Crippen LogP contribution in [0.15, 0.2) is 29.2 Å². The van der Waals surface area contributed by atoms with Gasteiger partial charge >= 0.3 is 6.18 Å². The SMILES string of the molecule is CCCNCc1cccc(SCC(O)C(F)(F)F)c1. The summed E-state index contributed by atoms with van der Waals surface area (Å²) in [5.41, 5.74) is 1.03. The van der Waals surface area contributed by atoms with Crippen molar-refractivity contribution in [3.63, 3.8) is 0 Å². The number of hydrogen-bond acceptors (Lipinski definition) is 3. The van der Waals surface area contributed by atoms with E-state index in [0.717, 1.165) is 35.2 Å². The molecule has 0 aliphatic carbocycles. The number of halogens is 3. The molecule has 0 radical (unpaired) electrons. The Hall–Kier alpha value is -0.720. The molecule has 1 aromatic carbocycles. The van der Waals surface area contributed by atoms with Crippen molar-refractivity contribution in [1.29, 1.82) is 0 Å². The normalized spacial score (nSPS) is 13.5. The Balaban J connectivity index is 2.48. The van der Waals surface area contributed by atoms with Crippen molar-refractivity contribution >= 4 is 11.8 Å². The van der Waals surface area contributed by atoms with Crippen LogP contribution in [-0.4, -0.2) is 29.7 Å². The third-order valence-electron chi connectivity index (χ3n) is 2.44. The van der Waals surface area contributed by atoms with Crippen LogP contribution in [0.3, 0.4) is 0 Å². The topological polar surface area (TPSA) is 32.3 Å². The predicted molar refractivity (Wildman–Crippen MR) is 71.2 cm³/mol. The fourth-order valence-corrected chi connectivity index (χ4v) is 2.37. The summed E-state index contributed by atoms with van der Waals surface area (Å²) in [5.74, 6) is -0.380. The zero-order valence-electron chi connectivity index (χ0n) is 10.7. The molecule has 0 aliphatic heterocycles. The maximum Gasteiger partial charge on any atom is 0.415 e. The molecule has 0 heterocycles. The van der Waals surface area contributed by atoms with E-state index in [2.05, 4.69) is 12.2 Å². The maximum absolute atomic E-state index is 12.2. The van der Waals surface area contributed by atoms with Crippen molar-refractivity contribution in [2.24, 2.45) is 0 Å². The van der Waals surface area contributed by atoms with E-state index in [1.54, 1.807) is 6.07 Å². The maximum atomic E-state index is 12.2. The molecule has 108 valence electrons. The number of thioether (sulfide) groups is 1. The first kappa shape index (κ1) is 16.3. The number of alkyl halides is 3. The third-order valence-corrected chi connectivity index (χ3v) is 3.51. The lowest BCUT2D eigenvalue weighted by Gasteiger charge is -2.14. The summed E-state index contributed by atoms with van der Waals surface area (Å²) in [5, 5.41) is 12.2. The zero-order valence-corrected chi connectivity index (χ0v) is 11.5. The molecule has 0 amide bonds. The number of nitrogens with one attached hydrogen (secondary N) is 1. The molecule has 1 atom stereocenters. The van der Waals surface area contributed by atoms with E-state index in [1.165, 1.54) is 0 Å². The van der Waals surface area contributed by atoms with Crippen LogP contribution in [0.5, 0.6) is 0 Å². The number of aliphatic hydroxyl groups excluding tert-OH is 1. The Labute approximate surface area is 115 Å². The molecule has 0 spiro atoms. The van der Waals surface area contributed by atoms with Gasteiger partial charge in [0.25, 0.3) is 0 Å². The fraction of sp³-hybridized carbons (Fsp3) is 0.538.